The summed E-state index contributed by atoms with van der Waals surface area (Å²) < 4.78 is 22.9. The van der Waals surface area contributed by atoms with Crippen LogP contribution in [0.5, 0.6) is 0 Å². The lowest BCUT2D eigenvalue weighted by molar-refractivity contribution is -0.152. The van der Waals surface area contributed by atoms with Crippen molar-refractivity contribution >= 4 is 34.6 Å². The Kier molecular flexibility index (Phi) is 8.08. The summed E-state index contributed by atoms with van der Waals surface area (Å²) in [4.78, 5) is 31.7. The highest BCUT2D eigenvalue weighted by atomic mass is 35.5. The van der Waals surface area contributed by atoms with Crippen molar-refractivity contribution in [2.24, 2.45) is 17.8 Å². The van der Waals surface area contributed by atoms with Crippen LogP contribution in [0.1, 0.15) is 42.4 Å². The molecule has 0 radical (unpaired) electrons. The number of anilines is 1. The molecule has 0 spiro atoms. The standard InChI is InChI=1S/C39H34ClFN6O2/c1-49-38(48)32-24-17-19-25(20-18-24)33(32)45-36-30(41)21-42-35(46-36)29-23-47(37-34(29)44-31(40)22-43-37)39(26-11-5-2-6-12-26,27-13-7-3-8-14-27)28-15-9-4-10-16-28/h2-16,21-25,32-33H,17-20H2,1H3,(H,42,45,46). The van der Waals surface area contributed by atoms with Crippen LogP contribution in [0.4, 0.5) is 10.2 Å². The molecule has 3 heterocycles. The zero-order valence-electron chi connectivity index (χ0n) is 26.8. The van der Waals surface area contributed by atoms with Gasteiger partial charge in [-0.15, -0.1) is 0 Å². The zero-order valence-corrected chi connectivity index (χ0v) is 27.6. The number of methoxy groups -OCH3 is 1. The number of nitrogens with one attached hydrogen (secondary N) is 1. The van der Waals surface area contributed by atoms with Gasteiger partial charge in [0.1, 0.15) is 16.2 Å². The summed E-state index contributed by atoms with van der Waals surface area (Å²) >= 11 is 6.49. The molecule has 0 aliphatic heterocycles. The smallest absolute Gasteiger partial charge is 0.311 e. The van der Waals surface area contributed by atoms with Gasteiger partial charge in [-0.25, -0.2) is 24.3 Å². The summed E-state index contributed by atoms with van der Waals surface area (Å²) in [7, 11) is 1.41. The number of halogens is 2. The minimum atomic E-state index is -0.904. The number of carbonyl (C=O) groups is 1. The van der Waals surface area contributed by atoms with Crippen LogP contribution in [0.2, 0.25) is 5.15 Å². The van der Waals surface area contributed by atoms with Crippen molar-refractivity contribution in [2.45, 2.75) is 37.3 Å². The molecule has 10 heteroatoms. The largest absolute Gasteiger partial charge is 0.469 e. The summed E-state index contributed by atoms with van der Waals surface area (Å²) in [6, 6.07) is 30.4. The van der Waals surface area contributed by atoms with Gasteiger partial charge in [0.15, 0.2) is 23.1 Å². The lowest BCUT2D eigenvalue weighted by Gasteiger charge is -2.47. The van der Waals surface area contributed by atoms with E-state index >= 15 is 4.39 Å². The third kappa shape index (κ3) is 5.24. The van der Waals surface area contributed by atoms with E-state index < -0.39 is 11.4 Å². The molecule has 3 aliphatic carbocycles. The minimum absolute atomic E-state index is 0.0350. The Morgan fingerprint density at radius 2 is 1.41 bits per heavy atom. The average Bonchev–Trinajstić information content (AvgIpc) is 3.53. The monoisotopic (exact) mass is 672 g/mol. The number of hydrogen-bond acceptors (Lipinski definition) is 7. The molecule has 2 bridgehead atoms. The second-order valence-corrected chi connectivity index (χ2v) is 13.3. The van der Waals surface area contributed by atoms with Crippen LogP contribution in [0.25, 0.3) is 22.6 Å². The fourth-order valence-corrected chi connectivity index (χ4v) is 8.37. The number of esters is 1. The first-order valence-corrected chi connectivity index (χ1v) is 16.9. The predicted molar refractivity (Wildman–Crippen MR) is 186 cm³/mol. The van der Waals surface area contributed by atoms with Crippen LogP contribution in [0.3, 0.4) is 0 Å². The average molecular weight is 673 g/mol. The third-order valence-electron chi connectivity index (χ3n) is 10.4. The topological polar surface area (TPSA) is 94.8 Å². The molecule has 8 nitrogen and oxygen atoms in total. The van der Waals surface area contributed by atoms with Gasteiger partial charge in [-0.05, 0) is 54.2 Å². The van der Waals surface area contributed by atoms with E-state index in [0.717, 1.165) is 42.4 Å². The molecular formula is C39H34ClFN6O2. The zero-order chi connectivity index (χ0) is 33.5. The van der Waals surface area contributed by atoms with E-state index in [4.69, 9.17) is 31.3 Å². The molecule has 0 amide bonds. The second-order valence-electron chi connectivity index (χ2n) is 12.9. The number of benzene rings is 3. The summed E-state index contributed by atoms with van der Waals surface area (Å²) in [6.45, 7) is 0. The number of ether oxygens (including phenoxy) is 1. The van der Waals surface area contributed by atoms with E-state index in [-0.39, 0.29) is 46.6 Å². The maximum atomic E-state index is 15.6. The molecule has 3 aromatic heterocycles. The van der Waals surface area contributed by atoms with E-state index in [1.54, 1.807) is 0 Å². The van der Waals surface area contributed by atoms with Gasteiger partial charge < -0.3 is 14.6 Å². The SMILES string of the molecule is COC(=O)C1C2CCC(CC2)C1Nc1nc(-c2cn(C(c3ccccc3)(c3ccccc3)c3ccccc3)c3ncc(Cl)nc23)ncc1F. The van der Waals surface area contributed by atoms with Gasteiger partial charge in [-0.1, -0.05) is 103 Å². The maximum Gasteiger partial charge on any atom is 0.311 e. The van der Waals surface area contributed by atoms with Gasteiger partial charge in [0.2, 0.25) is 0 Å². The highest BCUT2D eigenvalue weighted by molar-refractivity contribution is 6.29. The van der Waals surface area contributed by atoms with Gasteiger partial charge in [-0.2, -0.15) is 0 Å². The molecule has 49 heavy (non-hydrogen) atoms. The predicted octanol–water partition coefficient (Wildman–Crippen LogP) is 7.91. The summed E-state index contributed by atoms with van der Waals surface area (Å²) in [6.07, 6.45) is 8.49. The number of carbonyl (C=O) groups excluding carboxylic acids is 1. The van der Waals surface area contributed by atoms with Crippen molar-refractivity contribution in [1.82, 2.24) is 24.5 Å². The second kappa shape index (κ2) is 12.7. The van der Waals surface area contributed by atoms with Crippen LogP contribution in [-0.2, 0) is 15.1 Å². The van der Waals surface area contributed by atoms with Gasteiger partial charge >= 0.3 is 5.97 Å². The molecule has 9 rings (SSSR count). The molecule has 246 valence electrons. The van der Waals surface area contributed by atoms with E-state index in [0.29, 0.717) is 16.7 Å². The molecule has 3 aromatic carbocycles. The van der Waals surface area contributed by atoms with E-state index in [2.05, 4.69) is 51.3 Å². The number of fused-ring (bicyclic) bond motifs is 4. The van der Waals surface area contributed by atoms with Crippen molar-refractivity contribution in [1.29, 1.82) is 0 Å². The van der Waals surface area contributed by atoms with Crippen molar-refractivity contribution in [3.8, 4) is 11.4 Å². The van der Waals surface area contributed by atoms with Crippen LogP contribution in [-0.4, -0.2) is 43.6 Å². The third-order valence-corrected chi connectivity index (χ3v) is 10.6. The molecule has 2 unspecified atom stereocenters. The van der Waals surface area contributed by atoms with Crippen LogP contribution in [0.15, 0.2) is 110 Å². The Labute approximate surface area is 288 Å². The van der Waals surface area contributed by atoms with Crippen molar-refractivity contribution in [3.63, 3.8) is 0 Å². The quantitative estimate of drug-likeness (QED) is 0.130. The molecular weight excluding hydrogens is 639 g/mol. The van der Waals surface area contributed by atoms with E-state index in [1.165, 1.54) is 19.5 Å². The molecule has 0 saturated heterocycles. The van der Waals surface area contributed by atoms with Gasteiger partial charge in [-0.3, -0.25) is 4.79 Å². The van der Waals surface area contributed by atoms with E-state index in [9.17, 15) is 4.79 Å². The molecule has 2 atom stereocenters. The lowest BCUT2D eigenvalue weighted by Crippen LogP contribution is -2.52. The summed E-state index contributed by atoms with van der Waals surface area (Å²) in [5.74, 6) is -0.554. The highest BCUT2D eigenvalue weighted by Crippen LogP contribution is 2.47. The van der Waals surface area contributed by atoms with E-state index in [1.807, 2.05) is 60.8 Å². The molecule has 3 saturated carbocycles. The molecule has 3 fully saturated rings. The first-order valence-electron chi connectivity index (χ1n) is 16.6. The lowest BCUT2D eigenvalue weighted by atomic mass is 9.61. The van der Waals surface area contributed by atoms with Gasteiger partial charge in [0.25, 0.3) is 0 Å². The van der Waals surface area contributed by atoms with Gasteiger partial charge in [0.05, 0.1) is 31.0 Å². The minimum Gasteiger partial charge on any atom is -0.469 e. The Bertz CT molecular complexity index is 2020. The van der Waals surface area contributed by atoms with Gasteiger partial charge in [0, 0.05) is 12.2 Å². The number of aromatic nitrogens is 5. The first kappa shape index (κ1) is 31.1. The fourth-order valence-electron chi connectivity index (χ4n) is 8.23. The van der Waals surface area contributed by atoms with Crippen LogP contribution < -0.4 is 5.32 Å². The molecule has 1 N–H and O–H groups in total. The number of hydrogen-bond donors (Lipinski definition) is 1. The van der Waals surface area contributed by atoms with Crippen LogP contribution >= 0.6 is 11.6 Å². The Morgan fingerprint density at radius 1 is 0.837 bits per heavy atom. The van der Waals surface area contributed by atoms with Crippen molar-refractivity contribution < 1.29 is 13.9 Å². The Morgan fingerprint density at radius 3 is 1.98 bits per heavy atom. The Hall–Kier alpha value is -5.15. The Balaban J connectivity index is 1.33. The van der Waals surface area contributed by atoms with Crippen molar-refractivity contribution in [3.05, 3.63) is 137 Å². The maximum absolute atomic E-state index is 15.6. The van der Waals surface area contributed by atoms with Crippen LogP contribution in [0, 0.1) is 23.6 Å². The summed E-state index contributed by atoms with van der Waals surface area (Å²) in [5.41, 5.74) is 3.65. The number of rotatable bonds is 8. The number of nitrogens with zero attached hydrogens (tertiary/aromatic N) is 5. The molecule has 3 aliphatic rings. The normalized spacial score (nSPS) is 20.3. The first-order chi connectivity index (χ1) is 24.0. The summed E-state index contributed by atoms with van der Waals surface area (Å²) in [5, 5.41) is 3.54. The van der Waals surface area contributed by atoms with Crippen molar-refractivity contribution in [2.75, 3.05) is 12.4 Å². The highest BCUT2D eigenvalue weighted by Gasteiger charge is 2.48. The molecule has 6 aromatic rings. The fraction of sp³-hybridized carbons (Fsp3) is 0.256.